The van der Waals surface area contributed by atoms with Gasteiger partial charge in [-0.2, -0.15) is 9.78 Å². The minimum absolute atomic E-state index is 0.0656. The number of piperidine rings is 1. The van der Waals surface area contributed by atoms with Gasteiger partial charge in [0.15, 0.2) is 0 Å². The molecule has 0 spiro atoms. The van der Waals surface area contributed by atoms with Crippen LogP contribution in [-0.2, 0) is 37.7 Å². The number of benzene rings is 3. The second-order valence-electron chi connectivity index (χ2n) is 16.8. The second kappa shape index (κ2) is 14.2. The van der Waals surface area contributed by atoms with E-state index in [1.54, 1.807) is 18.2 Å². The lowest BCUT2D eigenvalue weighted by Crippen LogP contribution is -2.51. The van der Waals surface area contributed by atoms with Crippen molar-refractivity contribution in [2.75, 3.05) is 26.8 Å². The van der Waals surface area contributed by atoms with Gasteiger partial charge in [0.05, 0.1) is 17.6 Å². The lowest BCUT2D eigenvalue weighted by Gasteiger charge is -2.40. The van der Waals surface area contributed by atoms with Crippen LogP contribution in [0.4, 0.5) is 9.59 Å². The van der Waals surface area contributed by atoms with Gasteiger partial charge >= 0.3 is 12.2 Å². The number of aromatic nitrogens is 3. The third-order valence-electron chi connectivity index (χ3n) is 11.3. The van der Waals surface area contributed by atoms with Gasteiger partial charge in [0.2, 0.25) is 5.91 Å². The molecule has 2 amide bonds. The number of fused-ring (bicyclic) bond motifs is 1. The van der Waals surface area contributed by atoms with Gasteiger partial charge < -0.3 is 28.6 Å². The van der Waals surface area contributed by atoms with E-state index in [-0.39, 0.29) is 24.4 Å². The molecule has 2 aliphatic heterocycles. The van der Waals surface area contributed by atoms with Crippen LogP contribution in [0.5, 0.6) is 0 Å². The molecule has 2 atom stereocenters. The average molecular weight is 746 g/mol. The first-order valence-electron chi connectivity index (χ1n) is 19.5. The average Bonchev–Trinajstić information content (AvgIpc) is 3.81. The molecule has 2 fully saturated rings. The van der Waals surface area contributed by atoms with Crippen molar-refractivity contribution in [3.63, 3.8) is 0 Å². The van der Waals surface area contributed by atoms with Gasteiger partial charge in [-0.1, -0.05) is 54.6 Å². The molecule has 0 bridgehead atoms. The van der Waals surface area contributed by atoms with Crippen LogP contribution < -0.4 is 0 Å². The highest BCUT2D eigenvalue weighted by molar-refractivity contribution is 5.97. The fraction of sp³-hybridized carbons (Fsp3) is 0.455. The molecule has 1 saturated carbocycles. The largest absolute Gasteiger partial charge is 0.444 e. The number of nitrogens with zero attached hydrogens (tertiary/aromatic N) is 5. The van der Waals surface area contributed by atoms with Crippen molar-refractivity contribution in [1.82, 2.24) is 24.1 Å². The SMILES string of the molecule is COCCCn1cc(CN(C(=O)[C@H]2CN(C(=O)OC(C)(C)C)CC[C@@H]2c2cccc(-c3ccc4cnn5c4c3C(C)(C)OC5=O)c2)C2CC2)c2ccccc21. The number of para-hydroxylation sites is 1. The molecule has 0 radical (unpaired) electrons. The van der Waals surface area contributed by atoms with E-state index in [1.165, 1.54) is 4.68 Å². The van der Waals surface area contributed by atoms with Crippen LogP contribution in [0.3, 0.4) is 0 Å². The number of likely N-dealkylation sites (tertiary alicyclic amines) is 1. The van der Waals surface area contributed by atoms with E-state index >= 15 is 4.79 Å². The fourth-order valence-corrected chi connectivity index (χ4v) is 8.63. The maximum absolute atomic E-state index is 15.2. The van der Waals surface area contributed by atoms with Gasteiger partial charge in [-0.05, 0) is 94.5 Å². The summed E-state index contributed by atoms with van der Waals surface area (Å²) in [6.07, 6.45) is 6.44. The highest BCUT2D eigenvalue weighted by atomic mass is 16.6. The first kappa shape index (κ1) is 36.8. The Morgan fingerprint density at radius 2 is 1.84 bits per heavy atom. The van der Waals surface area contributed by atoms with Gasteiger partial charge in [0.25, 0.3) is 0 Å². The Labute approximate surface area is 322 Å². The zero-order chi connectivity index (χ0) is 38.6. The van der Waals surface area contributed by atoms with E-state index in [2.05, 4.69) is 69.3 Å². The zero-order valence-corrected chi connectivity index (χ0v) is 32.7. The summed E-state index contributed by atoms with van der Waals surface area (Å²) in [5, 5.41) is 6.35. The highest BCUT2D eigenvalue weighted by Crippen LogP contribution is 2.44. The Hall–Kier alpha value is -5.16. The molecule has 4 heterocycles. The number of hydrogen-bond donors (Lipinski definition) is 0. The summed E-state index contributed by atoms with van der Waals surface area (Å²) in [5.74, 6) is -0.554. The number of methoxy groups -OCH3 is 1. The molecule has 288 valence electrons. The Bertz CT molecular complexity index is 2280. The van der Waals surface area contributed by atoms with Crippen molar-refractivity contribution >= 4 is 39.9 Å². The first-order chi connectivity index (χ1) is 26.3. The Kier molecular flexibility index (Phi) is 9.48. The van der Waals surface area contributed by atoms with Gasteiger partial charge in [-0.25, -0.2) is 9.59 Å². The monoisotopic (exact) mass is 745 g/mol. The number of cyclic esters (lactones) is 1. The number of carbonyl (C=O) groups excluding carboxylic acids is 3. The van der Waals surface area contributed by atoms with Crippen LogP contribution in [-0.4, -0.2) is 80.7 Å². The molecule has 3 aromatic carbocycles. The summed E-state index contributed by atoms with van der Waals surface area (Å²) in [7, 11) is 1.72. The van der Waals surface area contributed by atoms with Gasteiger partial charge in [-0.3, -0.25) is 4.79 Å². The molecule has 1 saturated heterocycles. The summed E-state index contributed by atoms with van der Waals surface area (Å²) in [6.45, 7) is 12.2. The number of hydrogen-bond acceptors (Lipinski definition) is 7. The lowest BCUT2D eigenvalue weighted by atomic mass is 9.78. The van der Waals surface area contributed by atoms with Crippen molar-refractivity contribution in [2.45, 2.75) is 96.6 Å². The molecule has 8 rings (SSSR count). The van der Waals surface area contributed by atoms with E-state index in [9.17, 15) is 9.59 Å². The molecular formula is C44H51N5O6. The number of aryl methyl sites for hydroxylation is 1. The van der Waals surface area contributed by atoms with Crippen LogP contribution >= 0.6 is 0 Å². The van der Waals surface area contributed by atoms with Crippen LogP contribution in [0, 0.1) is 5.92 Å². The summed E-state index contributed by atoms with van der Waals surface area (Å²) in [5.41, 5.74) is 5.34. The lowest BCUT2D eigenvalue weighted by molar-refractivity contribution is -0.139. The summed E-state index contributed by atoms with van der Waals surface area (Å²) in [6, 6.07) is 21.0. The quantitative estimate of drug-likeness (QED) is 0.132. The summed E-state index contributed by atoms with van der Waals surface area (Å²) in [4.78, 5) is 45.3. The molecule has 3 aliphatic rings. The first-order valence-corrected chi connectivity index (χ1v) is 19.5. The maximum Gasteiger partial charge on any atom is 0.436 e. The molecule has 0 unspecified atom stereocenters. The van der Waals surface area contributed by atoms with Crippen molar-refractivity contribution in [1.29, 1.82) is 0 Å². The van der Waals surface area contributed by atoms with Crippen LogP contribution in [0.15, 0.2) is 73.1 Å². The maximum atomic E-state index is 15.2. The fourth-order valence-electron chi connectivity index (χ4n) is 8.63. The minimum Gasteiger partial charge on any atom is -0.444 e. The minimum atomic E-state index is -0.882. The molecular weight excluding hydrogens is 695 g/mol. The van der Waals surface area contributed by atoms with Crippen molar-refractivity contribution in [2.24, 2.45) is 5.92 Å². The Morgan fingerprint density at radius 1 is 1.04 bits per heavy atom. The third-order valence-corrected chi connectivity index (χ3v) is 11.3. The third kappa shape index (κ3) is 7.10. The highest BCUT2D eigenvalue weighted by Gasteiger charge is 2.44. The number of amides is 2. The van der Waals surface area contributed by atoms with Crippen LogP contribution in [0.1, 0.15) is 82.9 Å². The van der Waals surface area contributed by atoms with E-state index in [0.29, 0.717) is 26.1 Å². The molecule has 2 aromatic heterocycles. The van der Waals surface area contributed by atoms with Crippen molar-refractivity contribution < 1.29 is 28.6 Å². The number of rotatable bonds is 10. The van der Waals surface area contributed by atoms with Gasteiger partial charge in [0, 0.05) is 74.0 Å². The number of ether oxygens (including phenoxy) is 3. The molecule has 11 nitrogen and oxygen atoms in total. The normalized spacial score (nSPS) is 19.5. The van der Waals surface area contributed by atoms with E-state index < -0.39 is 29.3 Å². The molecule has 11 heteroatoms. The molecule has 5 aromatic rings. The molecule has 0 N–H and O–H groups in total. The van der Waals surface area contributed by atoms with E-state index in [1.807, 2.05) is 46.8 Å². The predicted octanol–water partition coefficient (Wildman–Crippen LogP) is 8.46. The zero-order valence-electron chi connectivity index (χ0n) is 32.7. The molecule has 55 heavy (non-hydrogen) atoms. The van der Waals surface area contributed by atoms with Crippen LogP contribution in [0.2, 0.25) is 0 Å². The van der Waals surface area contributed by atoms with Crippen molar-refractivity contribution in [3.05, 3.63) is 89.7 Å². The van der Waals surface area contributed by atoms with E-state index in [0.717, 1.165) is 75.4 Å². The standard InChI is InChI=1S/C44H51N5O6/c1-43(2,3)54-41(51)47-21-19-33(28-11-9-12-29(23-28)35-18-15-30-24-45-49-39(30)38(35)44(4,5)55-42(49)52)36(27-47)40(50)48(32-16-17-32)26-31-25-46(20-10-22-53-6)37-14-8-7-13-34(31)37/h7-9,11-15,18,23-25,32-33,36H,10,16-17,19-22,26-27H2,1-6H3/t33-,36+/m1/s1. The second-order valence-corrected chi connectivity index (χ2v) is 16.8. The van der Waals surface area contributed by atoms with Crippen molar-refractivity contribution in [3.8, 4) is 11.1 Å². The van der Waals surface area contributed by atoms with Gasteiger partial charge in [-0.15, -0.1) is 0 Å². The molecule has 1 aliphatic carbocycles. The Balaban J connectivity index is 1.16. The topological polar surface area (TPSA) is 108 Å². The number of carbonyl (C=O) groups is 3. The summed E-state index contributed by atoms with van der Waals surface area (Å²) >= 11 is 0. The predicted molar refractivity (Wildman–Crippen MR) is 211 cm³/mol. The smallest absolute Gasteiger partial charge is 0.436 e. The Morgan fingerprint density at radius 3 is 2.60 bits per heavy atom. The van der Waals surface area contributed by atoms with E-state index in [4.69, 9.17) is 14.2 Å². The van der Waals surface area contributed by atoms with Gasteiger partial charge in [0.1, 0.15) is 11.2 Å². The van der Waals surface area contributed by atoms with Crippen LogP contribution in [0.25, 0.3) is 32.9 Å². The summed E-state index contributed by atoms with van der Waals surface area (Å²) < 4.78 is 20.7.